The molecular weight excluding hydrogens is 368 g/mol. The molecule has 4 nitrogen and oxygen atoms in total. The maximum Gasteiger partial charge on any atom is 0.177 e. The molecule has 1 aliphatic heterocycles. The summed E-state index contributed by atoms with van der Waals surface area (Å²) in [5, 5.41) is 0. The molecule has 1 aromatic heterocycles. The van der Waals surface area contributed by atoms with Crippen LogP contribution in [0.5, 0.6) is 0 Å². The monoisotopic (exact) mass is 380 g/mol. The van der Waals surface area contributed by atoms with Crippen molar-refractivity contribution in [1.29, 1.82) is 0 Å². The van der Waals surface area contributed by atoms with Gasteiger partial charge in [-0.2, -0.15) is 0 Å². The summed E-state index contributed by atoms with van der Waals surface area (Å²) in [5.74, 6) is -7.01. The Bertz CT molecular complexity index is 969. The third-order valence-electron chi connectivity index (χ3n) is 3.98. The van der Waals surface area contributed by atoms with E-state index in [9.17, 15) is 26.0 Å². The summed E-state index contributed by atoms with van der Waals surface area (Å²) in [5.41, 5.74) is 0.109. The average Bonchev–Trinajstić information content (AvgIpc) is 2.98. The molecule has 3 rings (SSSR count). The second-order valence-corrected chi connectivity index (χ2v) is 8.35. The van der Waals surface area contributed by atoms with Crippen LogP contribution < -0.4 is 0 Å². The molecule has 1 atom stereocenters. The minimum atomic E-state index is -3.36. The van der Waals surface area contributed by atoms with Crippen LogP contribution in [0, 0.1) is 28.0 Å². The first-order valence-corrected chi connectivity index (χ1v) is 9.36. The maximum absolute atomic E-state index is 14.0. The smallest absolute Gasteiger partial charge is 0.177 e. The molecule has 1 aliphatic rings. The summed E-state index contributed by atoms with van der Waals surface area (Å²) in [4.78, 5) is 2.76. The van der Waals surface area contributed by atoms with E-state index in [-0.39, 0.29) is 29.6 Å². The quantitative estimate of drug-likeness (QED) is 0.506. The number of aromatic amines is 1. The summed E-state index contributed by atoms with van der Waals surface area (Å²) in [7, 11) is -3.36. The highest BCUT2D eigenvalue weighted by atomic mass is 32.2. The number of halogens is 4. The van der Waals surface area contributed by atoms with Gasteiger partial charge in [-0.15, -0.1) is 0 Å². The van der Waals surface area contributed by atoms with Gasteiger partial charge < -0.3 is 9.55 Å². The number of sulfone groups is 1. The molecule has 1 unspecified atom stereocenters. The van der Waals surface area contributed by atoms with E-state index in [1.165, 1.54) is 4.57 Å². The first-order valence-electron chi connectivity index (χ1n) is 6.89. The van der Waals surface area contributed by atoms with E-state index in [0.717, 1.165) is 6.26 Å². The van der Waals surface area contributed by atoms with E-state index in [1.807, 2.05) is 0 Å². The third kappa shape index (κ3) is 2.88. The first-order chi connectivity index (χ1) is 11.1. The highest BCUT2D eigenvalue weighted by Crippen LogP contribution is 2.36. The van der Waals surface area contributed by atoms with Gasteiger partial charge in [0.2, 0.25) is 0 Å². The van der Waals surface area contributed by atoms with Crippen LogP contribution in [0.1, 0.15) is 22.9 Å². The summed E-state index contributed by atoms with van der Waals surface area (Å²) >= 11 is 5.09. The zero-order valence-corrected chi connectivity index (χ0v) is 14.0. The van der Waals surface area contributed by atoms with E-state index in [2.05, 4.69) is 4.98 Å². The number of fused-ring (bicyclic) bond motifs is 1. The minimum absolute atomic E-state index is 0.00512. The molecule has 0 amide bonds. The maximum atomic E-state index is 14.0. The van der Waals surface area contributed by atoms with Gasteiger partial charge in [-0.25, -0.2) is 26.0 Å². The van der Waals surface area contributed by atoms with Gasteiger partial charge in [0.1, 0.15) is 0 Å². The normalized spacial score (nSPS) is 17.3. The summed E-state index contributed by atoms with van der Waals surface area (Å²) < 4.78 is 79.4. The topological polar surface area (TPSA) is 54.9 Å². The molecule has 130 valence electrons. The van der Waals surface area contributed by atoms with Crippen LogP contribution in [0.15, 0.2) is 6.07 Å². The number of nitrogens with zero attached hydrogens (tertiary/aromatic N) is 1. The lowest BCUT2D eigenvalue weighted by atomic mass is 9.95. The van der Waals surface area contributed by atoms with E-state index in [4.69, 9.17) is 12.2 Å². The van der Waals surface area contributed by atoms with Crippen molar-refractivity contribution in [3.63, 3.8) is 0 Å². The Hall–Kier alpha value is -1.68. The van der Waals surface area contributed by atoms with Crippen molar-refractivity contribution in [3.8, 4) is 0 Å². The second-order valence-electron chi connectivity index (χ2n) is 5.82. The van der Waals surface area contributed by atoms with Crippen molar-refractivity contribution < 1.29 is 26.0 Å². The Morgan fingerprint density at radius 3 is 2.38 bits per heavy atom. The molecule has 1 aromatic carbocycles. The number of hydrogen-bond donors (Lipinski definition) is 1. The van der Waals surface area contributed by atoms with Gasteiger partial charge >= 0.3 is 0 Å². The molecule has 2 aromatic rings. The fourth-order valence-electron chi connectivity index (χ4n) is 3.02. The lowest BCUT2D eigenvalue weighted by molar-refractivity contribution is 0.423. The van der Waals surface area contributed by atoms with E-state index >= 15 is 0 Å². The fourth-order valence-corrected chi connectivity index (χ4v) is 4.10. The molecule has 1 N–H and O–H groups in total. The van der Waals surface area contributed by atoms with Crippen molar-refractivity contribution >= 4 is 22.1 Å². The molecule has 2 heterocycles. The number of hydrogen-bond acceptors (Lipinski definition) is 3. The van der Waals surface area contributed by atoms with Gasteiger partial charge in [-0.05, 0) is 18.6 Å². The summed E-state index contributed by atoms with van der Waals surface area (Å²) in [6.07, 6.45) is 1.07. The van der Waals surface area contributed by atoms with Gasteiger partial charge in [-0.3, -0.25) is 0 Å². The first kappa shape index (κ1) is 17.2. The zero-order chi connectivity index (χ0) is 17.8. The zero-order valence-electron chi connectivity index (χ0n) is 12.4. The largest absolute Gasteiger partial charge is 0.333 e. The van der Waals surface area contributed by atoms with E-state index in [1.54, 1.807) is 0 Å². The molecule has 0 saturated heterocycles. The van der Waals surface area contributed by atoms with Gasteiger partial charge in [-0.1, -0.05) is 0 Å². The van der Waals surface area contributed by atoms with Crippen molar-refractivity contribution in [2.75, 3.05) is 6.26 Å². The van der Waals surface area contributed by atoms with Gasteiger partial charge in [0, 0.05) is 36.0 Å². The second kappa shape index (κ2) is 5.69. The number of imidazole rings is 1. The highest BCUT2D eigenvalue weighted by Gasteiger charge is 2.33. The van der Waals surface area contributed by atoms with Crippen LogP contribution in [0.4, 0.5) is 17.6 Å². The van der Waals surface area contributed by atoms with E-state index < -0.39 is 44.6 Å². The van der Waals surface area contributed by atoms with Crippen molar-refractivity contribution in [1.82, 2.24) is 9.55 Å². The molecule has 0 bridgehead atoms. The molecule has 10 heteroatoms. The molecule has 0 radical (unpaired) electrons. The summed E-state index contributed by atoms with van der Waals surface area (Å²) in [6.45, 7) is 0.00512. The van der Waals surface area contributed by atoms with Crippen LogP contribution in [-0.4, -0.2) is 24.2 Å². The van der Waals surface area contributed by atoms with Gasteiger partial charge in [0.25, 0.3) is 0 Å². The SMILES string of the molecule is CS(=O)(=O)Cc1[nH]c(=S)n2c1CC(c1c(F)c(F)cc(F)c1F)C2. The van der Waals surface area contributed by atoms with Crippen molar-refractivity contribution in [2.45, 2.75) is 24.6 Å². The number of aromatic nitrogens is 2. The number of rotatable bonds is 3. The van der Waals surface area contributed by atoms with Crippen LogP contribution in [0.25, 0.3) is 0 Å². The van der Waals surface area contributed by atoms with E-state index in [0.29, 0.717) is 11.4 Å². The molecular formula is C14H12F4N2O2S2. The van der Waals surface area contributed by atoms with Crippen LogP contribution in [0.3, 0.4) is 0 Å². The molecule has 0 fully saturated rings. The Morgan fingerprint density at radius 1 is 1.25 bits per heavy atom. The number of nitrogens with one attached hydrogen (secondary N) is 1. The number of benzene rings is 1. The van der Waals surface area contributed by atoms with Crippen molar-refractivity contribution in [3.05, 3.63) is 51.1 Å². The molecule has 24 heavy (non-hydrogen) atoms. The number of H-pyrrole nitrogens is 1. The Balaban J connectivity index is 2.05. The molecule has 0 saturated carbocycles. The predicted octanol–water partition coefficient (Wildman–Crippen LogP) is 2.99. The van der Waals surface area contributed by atoms with Crippen LogP contribution in [0.2, 0.25) is 0 Å². The summed E-state index contributed by atoms with van der Waals surface area (Å²) in [6, 6.07) is 0.158. The Kier molecular flexibility index (Phi) is 4.07. The lowest BCUT2D eigenvalue weighted by Gasteiger charge is -2.13. The van der Waals surface area contributed by atoms with Gasteiger partial charge in [0.05, 0.1) is 11.4 Å². The van der Waals surface area contributed by atoms with Crippen molar-refractivity contribution in [2.24, 2.45) is 0 Å². The average molecular weight is 380 g/mol. The fraction of sp³-hybridized carbons (Fsp3) is 0.357. The lowest BCUT2D eigenvalue weighted by Crippen LogP contribution is -2.11. The standard InChI is InChI=1S/C14H12F4N2O2S2/c1-24(21,22)5-9-10-2-6(4-20(10)14(23)19-9)11-12(17)7(15)3-8(16)13(11)18/h3,6H,2,4-5H2,1H3,(H,19,23). The highest BCUT2D eigenvalue weighted by molar-refractivity contribution is 7.89. The van der Waals surface area contributed by atoms with Crippen LogP contribution >= 0.6 is 12.2 Å². The van der Waals surface area contributed by atoms with Gasteiger partial charge in [0.15, 0.2) is 37.9 Å². The molecule has 0 aliphatic carbocycles. The predicted molar refractivity (Wildman–Crippen MR) is 80.9 cm³/mol. The molecule has 0 spiro atoms. The minimum Gasteiger partial charge on any atom is -0.333 e. The van der Waals surface area contributed by atoms with Crippen LogP contribution in [-0.2, 0) is 28.6 Å². The third-order valence-corrected chi connectivity index (χ3v) is 5.12. The Labute approximate surface area is 140 Å². The Morgan fingerprint density at radius 2 is 1.83 bits per heavy atom.